The molecule has 0 amide bonds. The number of hydrogen-bond donors (Lipinski definition) is 2. The van der Waals surface area contributed by atoms with Crippen LogP contribution in [0, 0.1) is 17.1 Å². The molecule has 0 saturated heterocycles. The van der Waals surface area contributed by atoms with E-state index in [0.29, 0.717) is 36.5 Å². The number of rotatable bonds is 7. The number of halogens is 1. The van der Waals surface area contributed by atoms with Crippen LogP contribution in [-0.4, -0.2) is 26.9 Å². The molecule has 30 heavy (non-hydrogen) atoms. The number of benzene rings is 1. The normalized spacial score (nSPS) is 10.9. The lowest BCUT2D eigenvalue weighted by molar-refractivity contribution is 0.416. The van der Waals surface area contributed by atoms with Gasteiger partial charge < -0.3 is 14.9 Å². The predicted octanol–water partition coefficient (Wildman–Crippen LogP) is 2.51. The fourth-order valence-corrected chi connectivity index (χ4v) is 3.32. The first-order chi connectivity index (χ1) is 14.4. The highest BCUT2D eigenvalue weighted by molar-refractivity contribution is 5.68. The van der Waals surface area contributed by atoms with Gasteiger partial charge in [0.25, 0.3) is 5.56 Å². The smallest absolute Gasteiger partial charge is 0.257 e. The van der Waals surface area contributed by atoms with Gasteiger partial charge >= 0.3 is 0 Å². The summed E-state index contributed by atoms with van der Waals surface area (Å²) in [4.78, 5) is 17.7. The molecule has 0 atom stereocenters. The minimum Gasteiger partial charge on any atom is -0.505 e. The van der Waals surface area contributed by atoms with Crippen molar-refractivity contribution in [1.29, 1.82) is 5.26 Å². The molecule has 0 aliphatic carbocycles. The number of aryl methyl sites for hydroxylation is 1. The van der Waals surface area contributed by atoms with Crippen LogP contribution in [0.3, 0.4) is 0 Å². The van der Waals surface area contributed by atoms with Gasteiger partial charge in [-0.15, -0.1) is 0 Å². The molecule has 0 spiro atoms. The van der Waals surface area contributed by atoms with Crippen LogP contribution in [0.2, 0.25) is 0 Å². The summed E-state index contributed by atoms with van der Waals surface area (Å²) < 4.78 is 20.4. The van der Waals surface area contributed by atoms with Gasteiger partial charge in [0.15, 0.2) is 17.3 Å². The molecule has 8 nitrogen and oxygen atoms in total. The van der Waals surface area contributed by atoms with Crippen LogP contribution in [0.25, 0.3) is 11.3 Å². The Kier molecular flexibility index (Phi) is 6.28. The van der Waals surface area contributed by atoms with Crippen molar-refractivity contribution in [2.24, 2.45) is 0 Å². The van der Waals surface area contributed by atoms with Crippen LogP contribution in [-0.2, 0) is 25.9 Å². The van der Waals surface area contributed by atoms with Crippen molar-refractivity contribution in [2.75, 3.05) is 7.05 Å². The number of hydrogen-bond acceptors (Lipinski definition) is 7. The van der Waals surface area contributed by atoms with Crippen LogP contribution in [0.15, 0.2) is 27.5 Å². The minimum absolute atomic E-state index is 0.00534. The second kappa shape index (κ2) is 8.88. The number of aromatic hydroxyl groups is 1. The fourth-order valence-electron chi connectivity index (χ4n) is 3.32. The molecule has 0 saturated carbocycles. The van der Waals surface area contributed by atoms with Crippen molar-refractivity contribution in [3.63, 3.8) is 0 Å². The van der Waals surface area contributed by atoms with Crippen molar-refractivity contribution < 1.29 is 14.0 Å². The van der Waals surface area contributed by atoms with Crippen LogP contribution < -0.4 is 10.9 Å². The quantitative estimate of drug-likeness (QED) is 0.613. The van der Waals surface area contributed by atoms with Gasteiger partial charge in [-0.25, -0.2) is 9.37 Å². The highest BCUT2D eigenvalue weighted by Crippen LogP contribution is 2.30. The second-order valence-corrected chi connectivity index (χ2v) is 6.73. The third-order valence-electron chi connectivity index (χ3n) is 4.79. The molecule has 156 valence electrons. The first kappa shape index (κ1) is 21.2. The summed E-state index contributed by atoms with van der Waals surface area (Å²) in [7, 11) is 1.80. The van der Waals surface area contributed by atoms with E-state index in [-0.39, 0.29) is 29.0 Å². The lowest BCUT2D eigenvalue weighted by Gasteiger charge is -2.14. The van der Waals surface area contributed by atoms with Crippen LogP contribution >= 0.6 is 0 Å². The summed E-state index contributed by atoms with van der Waals surface area (Å²) in [6.45, 7) is 4.47. The Hall–Kier alpha value is -3.51. The Morgan fingerprint density at radius 2 is 2.07 bits per heavy atom. The topological polar surface area (TPSA) is 117 Å². The Morgan fingerprint density at radius 1 is 1.30 bits per heavy atom. The van der Waals surface area contributed by atoms with Gasteiger partial charge in [0, 0.05) is 30.2 Å². The largest absolute Gasteiger partial charge is 0.505 e. The van der Waals surface area contributed by atoms with Gasteiger partial charge in [-0.3, -0.25) is 9.36 Å². The molecule has 0 radical (unpaired) electrons. The average Bonchev–Trinajstić information content (AvgIpc) is 3.20. The summed E-state index contributed by atoms with van der Waals surface area (Å²) >= 11 is 0. The van der Waals surface area contributed by atoms with E-state index in [0.717, 1.165) is 17.8 Å². The Labute approximate surface area is 172 Å². The van der Waals surface area contributed by atoms with E-state index >= 15 is 0 Å². The maximum atomic E-state index is 13.5. The molecule has 0 aliphatic rings. The fraction of sp³-hybridized carbons (Fsp3) is 0.333. The number of phenolic OH excluding ortho intramolecular Hbond substituents is 1. The number of nitriles is 1. The highest BCUT2D eigenvalue weighted by atomic mass is 19.1. The highest BCUT2D eigenvalue weighted by Gasteiger charge is 2.18. The number of phenols is 1. The molecule has 2 aromatic heterocycles. The lowest BCUT2D eigenvalue weighted by Crippen LogP contribution is -2.31. The maximum Gasteiger partial charge on any atom is 0.257 e. The maximum absolute atomic E-state index is 13.5. The predicted molar refractivity (Wildman–Crippen MR) is 107 cm³/mol. The first-order valence-electron chi connectivity index (χ1n) is 9.58. The van der Waals surface area contributed by atoms with Crippen LogP contribution in [0.5, 0.6) is 5.75 Å². The van der Waals surface area contributed by atoms with Crippen LogP contribution in [0.4, 0.5) is 4.39 Å². The number of nitrogens with zero attached hydrogens (tertiary/aromatic N) is 4. The zero-order valence-electron chi connectivity index (χ0n) is 17.0. The van der Waals surface area contributed by atoms with Gasteiger partial charge in [0.05, 0.1) is 17.8 Å². The summed E-state index contributed by atoms with van der Waals surface area (Å²) in [6, 6.07) is 5.48. The standard InChI is InChI=1S/C21H22FN5O3/c1-4-14-17(10-24-3)25-20(5-2)27(21(14)29)11-13-7-19(30-26-13)15-8-18(28)16(22)6-12(15)9-23/h6-8,24,28H,4-5,10-11H2,1-3H3. The van der Waals surface area contributed by atoms with E-state index in [9.17, 15) is 19.6 Å². The van der Waals surface area contributed by atoms with E-state index in [2.05, 4.69) is 15.5 Å². The van der Waals surface area contributed by atoms with Gasteiger partial charge in [0.1, 0.15) is 17.6 Å². The first-order valence-corrected chi connectivity index (χ1v) is 9.58. The molecule has 3 rings (SSSR count). The molecule has 0 aliphatic heterocycles. The minimum atomic E-state index is -0.894. The van der Waals surface area contributed by atoms with Crippen molar-refractivity contribution >= 4 is 0 Å². The zero-order chi connectivity index (χ0) is 21.8. The molecule has 9 heteroatoms. The average molecular weight is 411 g/mol. The van der Waals surface area contributed by atoms with Crippen molar-refractivity contribution in [3.8, 4) is 23.1 Å². The molecule has 3 aromatic rings. The molecule has 0 bridgehead atoms. The van der Waals surface area contributed by atoms with Gasteiger partial charge in [0.2, 0.25) is 0 Å². The monoisotopic (exact) mass is 411 g/mol. The molecule has 0 fully saturated rings. The molecule has 0 unspecified atom stereocenters. The summed E-state index contributed by atoms with van der Waals surface area (Å²) in [5, 5.41) is 25.9. The molecule has 2 N–H and O–H groups in total. The van der Waals surface area contributed by atoms with E-state index in [1.54, 1.807) is 17.7 Å². The van der Waals surface area contributed by atoms with E-state index in [1.807, 2.05) is 19.9 Å². The Bertz CT molecular complexity index is 1180. The van der Waals surface area contributed by atoms with Crippen molar-refractivity contribution in [3.05, 3.63) is 62.7 Å². The van der Waals surface area contributed by atoms with Crippen LogP contribution in [0.1, 0.15) is 42.2 Å². The summed E-state index contributed by atoms with van der Waals surface area (Å²) in [5.41, 5.74) is 1.91. The van der Waals surface area contributed by atoms with E-state index in [4.69, 9.17) is 4.52 Å². The van der Waals surface area contributed by atoms with E-state index in [1.165, 1.54) is 0 Å². The number of aromatic nitrogens is 3. The van der Waals surface area contributed by atoms with Gasteiger partial charge in [-0.1, -0.05) is 19.0 Å². The lowest BCUT2D eigenvalue weighted by atomic mass is 10.0. The SMILES string of the molecule is CCc1c(CNC)nc(CC)n(Cc2cc(-c3cc(O)c(F)cc3C#N)on2)c1=O. The summed E-state index contributed by atoms with van der Waals surface area (Å²) in [6.07, 6.45) is 1.11. The second-order valence-electron chi connectivity index (χ2n) is 6.73. The van der Waals surface area contributed by atoms with Gasteiger partial charge in [-0.05, 0) is 25.6 Å². The van der Waals surface area contributed by atoms with Gasteiger partial charge in [-0.2, -0.15) is 5.26 Å². The summed E-state index contributed by atoms with van der Waals surface area (Å²) in [5.74, 6) is -0.667. The van der Waals surface area contributed by atoms with E-state index < -0.39 is 11.6 Å². The molecular formula is C21H22FN5O3. The third kappa shape index (κ3) is 3.95. The van der Waals surface area contributed by atoms with Crippen molar-refractivity contribution in [2.45, 2.75) is 39.8 Å². The van der Waals surface area contributed by atoms with Crippen molar-refractivity contribution in [1.82, 2.24) is 20.0 Å². The molecule has 2 heterocycles. The molecule has 1 aromatic carbocycles. The molecular weight excluding hydrogens is 389 g/mol. The Balaban J connectivity index is 2.02. The number of nitrogens with one attached hydrogen (secondary N) is 1. The zero-order valence-corrected chi connectivity index (χ0v) is 17.0. The third-order valence-corrected chi connectivity index (χ3v) is 4.79. The Morgan fingerprint density at radius 3 is 2.70 bits per heavy atom.